The molecule has 7 heteroatoms. The maximum Gasteiger partial charge on any atom is 0.234 e. The Hall–Kier alpha value is -2.98. The van der Waals surface area contributed by atoms with Gasteiger partial charge in [-0.3, -0.25) is 9.36 Å². The van der Waals surface area contributed by atoms with Crippen LogP contribution in [0, 0.1) is 19.3 Å². The third-order valence-corrected chi connectivity index (χ3v) is 4.98. The third kappa shape index (κ3) is 4.60. The van der Waals surface area contributed by atoms with Crippen molar-refractivity contribution < 1.29 is 9.21 Å². The van der Waals surface area contributed by atoms with E-state index in [4.69, 9.17) is 10.8 Å². The summed E-state index contributed by atoms with van der Waals surface area (Å²) >= 11 is 1.34. The standard InChI is InChI=1S/C20H20N4O2S/c1-4-10-21-19(25)15(3)27-20-23-22-18(16-8-5-7-14(2)12-16)24(20)13-17-9-6-11-26-17/h1,5-9,11-12,15H,10,13H2,2-3H3,(H,21,25). The van der Waals surface area contributed by atoms with E-state index < -0.39 is 0 Å². The van der Waals surface area contributed by atoms with Gasteiger partial charge in [0.25, 0.3) is 0 Å². The van der Waals surface area contributed by atoms with Gasteiger partial charge in [0.15, 0.2) is 11.0 Å². The summed E-state index contributed by atoms with van der Waals surface area (Å²) in [6.45, 7) is 4.53. The topological polar surface area (TPSA) is 73.0 Å². The Balaban J connectivity index is 1.91. The first-order valence-corrected chi connectivity index (χ1v) is 9.37. The lowest BCUT2D eigenvalue weighted by molar-refractivity contribution is -0.120. The molecule has 0 radical (unpaired) electrons. The predicted octanol–water partition coefficient (Wildman–Crippen LogP) is 3.12. The summed E-state index contributed by atoms with van der Waals surface area (Å²) in [6.07, 6.45) is 6.83. The molecule has 1 atom stereocenters. The molecule has 0 aliphatic carbocycles. The molecule has 6 nitrogen and oxygen atoms in total. The summed E-state index contributed by atoms with van der Waals surface area (Å²) < 4.78 is 7.46. The molecule has 1 unspecified atom stereocenters. The second-order valence-corrected chi connectivity index (χ2v) is 7.33. The monoisotopic (exact) mass is 380 g/mol. The van der Waals surface area contributed by atoms with E-state index in [-0.39, 0.29) is 17.7 Å². The quantitative estimate of drug-likeness (QED) is 0.504. The van der Waals surface area contributed by atoms with Crippen molar-refractivity contribution in [2.75, 3.05) is 6.54 Å². The van der Waals surface area contributed by atoms with Gasteiger partial charge in [-0.05, 0) is 32.0 Å². The first kappa shape index (κ1) is 18.8. The second kappa shape index (κ2) is 8.60. The average molecular weight is 380 g/mol. The number of hydrogen-bond acceptors (Lipinski definition) is 5. The zero-order valence-corrected chi connectivity index (χ0v) is 16.0. The number of hydrogen-bond donors (Lipinski definition) is 1. The molecule has 2 aromatic heterocycles. The van der Waals surface area contributed by atoms with Crippen LogP contribution in [0.3, 0.4) is 0 Å². The molecule has 3 aromatic rings. The van der Waals surface area contributed by atoms with Gasteiger partial charge in [0, 0.05) is 5.56 Å². The van der Waals surface area contributed by atoms with Gasteiger partial charge in [-0.25, -0.2) is 0 Å². The number of furan rings is 1. The van der Waals surface area contributed by atoms with E-state index in [0.29, 0.717) is 11.7 Å². The molecule has 1 aromatic carbocycles. The maximum absolute atomic E-state index is 12.2. The minimum Gasteiger partial charge on any atom is -0.467 e. The van der Waals surface area contributed by atoms with Crippen LogP contribution < -0.4 is 5.32 Å². The number of aromatic nitrogens is 3. The Morgan fingerprint density at radius 3 is 2.93 bits per heavy atom. The lowest BCUT2D eigenvalue weighted by atomic mass is 10.1. The largest absolute Gasteiger partial charge is 0.467 e. The van der Waals surface area contributed by atoms with Crippen LogP contribution in [0.1, 0.15) is 18.2 Å². The van der Waals surface area contributed by atoms with Crippen LogP contribution in [0.5, 0.6) is 0 Å². The summed E-state index contributed by atoms with van der Waals surface area (Å²) in [5, 5.41) is 11.7. The summed E-state index contributed by atoms with van der Waals surface area (Å²) in [7, 11) is 0. The summed E-state index contributed by atoms with van der Waals surface area (Å²) in [6, 6.07) is 11.8. The fraction of sp³-hybridized carbons (Fsp3) is 0.250. The van der Waals surface area contributed by atoms with Crippen molar-refractivity contribution in [1.29, 1.82) is 0 Å². The molecule has 2 heterocycles. The highest BCUT2D eigenvalue weighted by Gasteiger charge is 2.21. The van der Waals surface area contributed by atoms with Crippen LogP contribution in [0.4, 0.5) is 0 Å². The molecule has 0 aliphatic rings. The molecule has 27 heavy (non-hydrogen) atoms. The highest BCUT2D eigenvalue weighted by atomic mass is 32.2. The number of rotatable bonds is 7. The van der Waals surface area contributed by atoms with E-state index in [9.17, 15) is 4.79 Å². The normalized spacial score (nSPS) is 11.7. The molecular weight excluding hydrogens is 360 g/mol. The Kier molecular flexibility index (Phi) is 5.99. The fourth-order valence-electron chi connectivity index (χ4n) is 2.57. The number of carbonyl (C=O) groups excluding carboxylic acids is 1. The molecule has 0 saturated carbocycles. The Bertz CT molecular complexity index is 957. The predicted molar refractivity (Wildman–Crippen MR) is 105 cm³/mol. The van der Waals surface area contributed by atoms with Crippen LogP contribution in [-0.4, -0.2) is 32.5 Å². The maximum atomic E-state index is 12.2. The van der Waals surface area contributed by atoms with Gasteiger partial charge in [-0.15, -0.1) is 16.6 Å². The number of aryl methyl sites for hydroxylation is 1. The lowest BCUT2D eigenvalue weighted by Gasteiger charge is -2.12. The summed E-state index contributed by atoms with van der Waals surface area (Å²) in [4.78, 5) is 12.2. The molecule has 0 fully saturated rings. The minimum absolute atomic E-state index is 0.136. The Labute approximate surface area is 162 Å². The zero-order chi connectivity index (χ0) is 19.2. The molecule has 0 bridgehead atoms. The summed E-state index contributed by atoms with van der Waals surface area (Å²) in [5.74, 6) is 3.78. The molecule has 0 spiro atoms. The van der Waals surface area contributed by atoms with Crippen molar-refractivity contribution in [1.82, 2.24) is 20.1 Å². The van der Waals surface area contributed by atoms with Crippen molar-refractivity contribution >= 4 is 17.7 Å². The number of thioether (sulfide) groups is 1. The highest BCUT2D eigenvalue weighted by molar-refractivity contribution is 8.00. The van der Waals surface area contributed by atoms with Gasteiger partial charge in [0.2, 0.25) is 5.91 Å². The van der Waals surface area contributed by atoms with E-state index in [1.807, 2.05) is 48.7 Å². The van der Waals surface area contributed by atoms with Gasteiger partial charge in [0.05, 0.1) is 24.6 Å². The van der Waals surface area contributed by atoms with Gasteiger partial charge >= 0.3 is 0 Å². The first-order chi connectivity index (χ1) is 13.1. The number of nitrogens with one attached hydrogen (secondary N) is 1. The lowest BCUT2D eigenvalue weighted by Crippen LogP contribution is -2.31. The van der Waals surface area contributed by atoms with Crippen molar-refractivity contribution in [2.24, 2.45) is 0 Å². The van der Waals surface area contributed by atoms with E-state index >= 15 is 0 Å². The number of amides is 1. The van der Waals surface area contributed by atoms with Crippen LogP contribution in [0.25, 0.3) is 11.4 Å². The van der Waals surface area contributed by atoms with Crippen molar-refractivity contribution in [2.45, 2.75) is 30.8 Å². The van der Waals surface area contributed by atoms with Crippen LogP contribution >= 0.6 is 11.8 Å². The summed E-state index contributed by atoms with van der Waals surface area (Å²) in [5.41, 5.74) is 2.10. The SMILES string of the molecule is C#CCNC(=O)C(C)Sc1nnc(-c2cccc(C)c2)n1Cc1ccco1. The Morgan fingerprint density at radius 2 is 2.22 bits per heavy atom. The highest BCUT2D eigenvalue weighted by Crippen LogP contribution is 2.28. The molecule has 0 saturated heterocycles. The van der Waals surface area contributed by atoms with E-state index in [1.54, 1.807) is 6.26 Å². The number of carbonyl (C=O) groups is 1. The average Bonchev–Trinajstić information content (AvgIpc) is 3.30. The molecule has 1 N–H and O–H groups in total. The third-order valence-electron chi connectivity index (χ3n) is 3.90. The van der Waals surface area contributed by atoms with Crippen LogP contribution in [0.2, 0.25) is 0 Å². The number of nitrogens with zero attached hydrogens (tertiary/aromatic N) is 3. The molecule has 138 valence electrons. The van der Waals surface area contributed by atoms with Gasteiger partial charge in [-0.1, -0.05) is 41.4 Å². The van der Waals surface area contributed by atoms with E-state index in [2.05, 4.69) is 27.5 Å². The molecule has 1 amide bonds. The Morgan fingerprint density at radius 1 is 1.37 bits per heavy atom. The fourth-order valence-corrected chi connectivity index (χ4v) is 3.44. The van der Waals surface area contributed by atoms with Crippen LogP contribution in [-0.2, 0) is 11.3 Å². The molecule has 0 aliphatic heterocycles. The van der Waals surface area contributed by atoms with Crippen LogP contribution in [0.15, 0.2) is 52.2 Å². The van der Waals surface area contributed by atoms with E-state index in [0.717, 1.165) is 22.7 Å². The molecular formula is C20H20N4O2S. The zero-order valence-electron chi connectivity index (χ0n) is 15.2. The van der Waals surface area contributed by atoms with Crippen molar-refractivity contribution in [3.05, 3.63) is 54.0 Å². The minimum atomic E-state index is -0.358. The van der Waals surface area contributed by atoms with Crippen molar-refractivity contribution in [3.8, 4) is 23.7 Å². The van der Waals surface area contributed by atoms with Gasteiger partial charge in [0.1, 0.15) is 5.76 Å². The van der Waals surface area contributed by atoms with Crippen molar-refractivity contribution in [3.63, 3.8) is 0 Å². The number of benzene rings is 1. The second-order valence-electron chi connectivity index (χ2n) is 6.02. The van der Waals surface area contributed by atoms with Gasteiger partial charge in [-0.2, -0.15) is 0 Å². The smallest absolute Gasteiger partial charge is 0.234 e. The number of terminal acetylenes is 1. The first-order valence-electron chi connectivity index (χ1n) is 8.49. The molecule has 3 rings (SSSR count). The van der Waals surface area contributed by atoms with Gasteiger partial charge < -0.3 is 9.73 Å². The van der Waals surface area contributed by atoms with E-state index in [1.165, 1.54) is 11.8 Å².